The average molecular weight is 268 g/mol. The summed E-state index contributed by atoms with van der Waals surface area (Å²) in [7, 11) is 0. The average Bonchev–Trinajstić information content (AvgIpc) is 2.89. The minimum Gasteiger partial charge on any atom is -0.307 e. The highest BCUT2D eigenvalue weighted by Crippen LogP contribution is 2.25. The van der Waals surface area contributed by atoms with Crippen molar-refractivity contribution in [2.75, 3.05) is 0 Å². The monoisotopic (exact) mass is 267 g/mol. The molecule has 1 aromatic heterocycles. The molecule has 0 radical (unpaired) electrons. The van der Waals surface area contributed by atoms with Crippen molar-refractivity contribution in [3.8, 4) is 5.69 Å². The normalized spacial score (nSPS) is 14.0. The molecule has 5 heteroatoms. The Morgan fingerprint density at radius 2 is 2.24 bits per heavy atom. The van der Waals surface area contributed by atoms with Crippen molar-refractivity contribution in [1.82, 2.24) is 15.1 Å². The topological polar surface area (TPSA) is 29.9 Å². The molecule has 0 unspecified atom stereocenters. The maximum absolute atomic E-state index is 6.00. The number of fused-ring (bicyclic) bond motifs is 1. The summed E-state index contributed by atoms with van der Waals surface area (Å²) in [6.07, 6.45) is 0. The summed E-state index contributed by atoms with van der Waals surface area (Å²) in [5.74, 6) is 0.442. The predicted molar refractivity (Wildman–Crippen MR) is 68.7 cm³/mol. The summed E-state index contributed by atoms with van der Waals surface area (Å²) in [5, 5.41) is 8.58. The van der Waals surface area contributed by atoms with Gasteiger partial charge in [-0.1, -0.05) is 17.7 Å². The lowest BCUT2D eigenvalue weighted by atomic mass is 10.2. The molecule has 0 amide bonds. The van der Waals surface area contributed by atoms with Crippen LogP contribution in [0, 0.1) is 0 Å². The molecule has 1 aliphatic rings. The van der Waals surface area contributed by atoms with E-state index in [1.807, 2.05) is 28.9 Å². The molecule has 1 N–H and O–H groups in total. The van der Waals surface area contributed by atoms with E-state index in [2.05, 4.69) is 10.4 Å². The summed E-state index contributed by atoms with van der Waals surface area (Å²) >= 11 is 11.9. The van der Waals surface area contributed by atoms with Crippen LogP contribution in [0.2, 0.25) is 5.02 Å². The fourth-order valence-electron chi connectivity index (χ4n) is 2.16. The molecule has 0 saturated carbocycles. The SMILES string of the molecule is ClCc1nn(-c2cccc(Cl)c2)c2c1CNC2. The Labute approximate surface area is 109 Å². The van der Waals surface area contributed by atoms with Crippen LogP contribution in [-0.4, -0.2) is 9.78 Å². The summed E-state index contributed by atoms with van der Waals surface area (Å²) in [6, 6.07) is 7.69. The Morgan fingerprint density at radius 1 is 1.35 bits per heavy atom. The summed E-state index contributed by atoms with van der Waals surface area (Å²) < 4.78 is 1.93. The van der Waals surface area contributed by atoms with Gasteiger partial charge < -0.3 is 5.32 Å². The first-order valence-corrected chi connectivity index (χ1v) is 6.33. The van der Waals surface area contributed by atoms with Crippen molar-refractivity contribution in [3.63, 3.8) is 0 Å². The van der Waals surface area contributed by atoms with E-state index >= 15 is 0 Å². The Hall–Kier alpha value is -1.03. The number of rotatable bonds is 2. The van der Waals surface area contributed by atoms with Gasteiger partial charge in [0.25, 0.3) is 0 Å². The molecule has 88 valence electrons. The van der Waals surface area contributed by atoms with Crippen molar-refractivity contribution in [2.24, 2.45) is 0 Å². The van der Waals surface area contributed by atoms with Gasteiger partial charge in [-0.25, -0.2) is 4.68 Å². The second-order valence-corrected chi connectivity index (χ2v) is 4.70. The van der Waals surface area contributed by atoms with Gasteiger partial charge in [-0.2, -0.15) is 5.10 Å². The van der Waals surface area contributed by atoms with E-state index in [1.165, 1.54) is 11.3 Å². The van der Waals surface area contributed by atoms with Crippen LogP contribution in [-0.2, 0) is 19.0 Å². The van der Waals surface area contributed by atoms with Gasteiger partial charge >= 0.3 is 0 Å². The van der Waals surface area contributed by atoms with E-state index in [0.29, 0.717) is 10.9 Å². The van der Waals surface area contributed by atoms with Crippen LogP contribution in [0.15, 0.2) is 24.3 Å². The third kappa shape index (κ3) is 1.84. The van der Waals surface area contributed by atoms with Crippen LogP contribution >= 0.6 is 23.2 Å². The van der Waals surface area contributed by atoms with Crippen LogP contribution in [0.4, 0.5) is 0 Å². The number of hydrogen-bond acceptors (Lipinski definition) is 2. The zero-order chi connectivity index (χ0) is 11.8. The second-order valence-electron chi connectivity index (χ2n) is 4.00. The van der Waals surface area contributed by atoms with Gasteiger partial charge in [-0.3, -0.25) is 0 Å². The van der Waals surface area contributed by atoms with Crippen molar-refractivity contribution in [3.05, 3.63) is 46.2 Å². The number of benzene rings is 1. The largest absolute Gasteiger partial charge is 0.307 e. The fraction of sp³-hybridized carbons (Fsp3) is 0.250. The lowest BCUT2D eigenvalue weighted by Crippen LogP contribution is -2.08. The van der Waals surface area contributed by atoms with Crippen LogP contribution in [0.3, 0.4) is 0 Å². The van der Waals surface area contributed by atoms with Gasteiger partial charge in [0, 0.05) is 23.7 Å². The standard InChI is InChI=1S/C12H11Cl2N3/c13-5-11-10-6-15-7-12(10)17(16-11)9-3-1-2-8(14)4-9/h1-4,15H,5-7H2. The molecule has 0 spiro atoms. The first-order valence-electron chi connectivity index (χ1n) is 5.42. The lowest BCUT2D eigenvalue weighted by molar-refractivity contribution is 0.703. The van der Waals surface area contributed by atoms with Crippen LogP contribution < -0.4 is 5.32 Å². The minimum absolute atomic E-state index is 0.442. The highest BCUT2D eigenvalue weighted by molar-refractivity contribution is 6.30. The fourth-order valence-corrected chi connectivity index (χ4v) is 2.56. The van der Waals surface area contributed by atoms with Crippen molar-refractivity contribution < 1.29 is 0 Å². The van der Waals surface area contributed by atoms with E-state index in [1.54, 1.807) is 0 Å². The van der Waals surface area contributed by atoms with Gasteiger partial charge in [0.2, 0.25) is 0 Å². The van der Waals surface area contributed by atoms with Gasteiger partial charge in [0.1, 0.15) is 0 Å². The Balaban J connectivity index is 2.15. The Kier molecular flexibility index (Phi) is 2.82. The van der Waals surface area contributed by atoms with Crippen LogP contribution in [0.25, 0.3) is 5.69 Å². The van der Waals surface area contributed by atoms with E-state index in [-0.39, 0.29) is 0 Å². The molecule has 0 fully saturated rings. The number of nitrogens with zero attached hydrogens (tertiary/aromatic N) is 2. The van der Waals surface area contributed by atoms with Crippen molar-refractivity contribution in [1.29, 1.82) is 0 Å². The molecule has 3 nitrogen and oxygen atoms in total. The number of aromatic nitrogens is 2. The molecular weight excluding hydrogens is 257 g/mol. The third-order valence-corrected chi connectivity index (χ3v) is 3.43. The number of halogens is 2. The maximum Gasteiger partial charge on any atom is 0.0825 e. The van der Waals surface area contributed by atoms with Gasteiger partial charge in [0.15, 0.2) is 0 Å². The smallest absolute Gasteiger partial charge is 0.0825 e. The predicted octanol–water partition coefficient (Wildman–Crippen LogP) is 2.87. The minimum atomic E-state index is 0.442. The molecule has 17 heavy (non-hydrogen) atoms. The van der Waals surface area contributed by atoms with Crippen molar-refractivity contribution in [2.45, 2.75) is 19.0 Å². The molecule has 1 aliphatic heterocycles. The highest BCUT2D eigenvalue weighted by atomic mass is 35.5. The first kappa shape index (κ1) is 11.1. The van der Waals surface area contributed by atoms with Crippen molar-refractivity contribution >= 4 is 23.2 Å². The van der Waals surface area contributed by atoms with E-state index < -0.39 is 0 Å². The van der Waals surface area contributed by atoms with Crippen LogP contribution in [0.5, 0.6) is 0 Å². The zero-order valence-corrected chi connectivity index (χ0v) is 10.6. The molecule has 2 heterocycles. The number of nitrogens with one attached hydrogen (secondary N) is 1. The molecule has 0 saturated heterocycles. The molecular formula is C12H11Cl2N3. The summed E-state index contributed by atoms with van der Waals surface area (Å²) in [6.45, 7) is 1.67. The first-order chi connectivity index (χ1) is 8.29. The molecule has 3 rings (SSSR count). The van der Waals surface area contributed by atoms with Gasteiger partial charge in [-0.15, -0.1) is 11.6 Å². The Morgan fingerprint density at radius 3 is 3.00 bits per heavy atom. The number of alkyl halides is 1. The second kappa shape index (κ2) is 4.33. The third-order valence-electron chi connectivity index (χ3n) is 2.95. The van der Waals surface area contributed by atoms with Gasteiger partial charge in [0.05, 0.1) is 23.0 Å². The quantitative estimate of drug-likeness (QED) is 0.849. The lowest BCUT2D eigenvalue weighted by Gasteiger charge is -2.05. The molecule has 0 atom stereocenters. The van der Waals surface area contributed by atoms with Gasteiger partial charge in [-0.05, 0) is 18.2 Å². The number of hydrogen-bond donors (Lipinski definition) is 1. The molecule has 2 aromatic rings. The summed E-state index contributed by atoms with van der Waals surface area (Å²) in [5.41, 5.74) is 4.34. The van der Waals surface area contributed by atoms with E-state index in [0.717, 1.165) is 24.5 Å². The summed E-state index contributed by atoms with van der Waals surface area (Å²) in [4.78, 5) is 0. The Bertz CT molecular complexity index is 563. The van der Waals surface area contributed by atoms with E-state index in [9.17, 15) is 0 Å². The highest BCUT2D eigenvalue weighted by Gasteiger charge is 2.22. The maximum atomic E-state index is 6.00. The molecule has 0 aliphatic carbocycles. The van der Waals surface area contributed by atoms with Crippen LogP contribution in [0.1, 0.15) is 17.0 Å². The van der Waals surface area contributed by atoms with E-state index in [4.69, 9.17) is 23.2 Å². The molecule has 1 aromatic carbocycles. The zero-order valence-electron chi connectivity index (χ0n) is 9.08. The molecule has 0 bridgehead atoms.